The predicted molar refractivity (Wildman–Crippen MR) is 66.3 cm³/mol. The van der Waals surface area contributed by atoms with Crippen LogP contribution in [0.15, 0.2) is 24.3 Å². The van der Waals surface area contributed by atoms with E-state index in [1.165, 1.54) is 0 Å². The van der Waals surface area contributed by atoms with Crippen LogP contribution in [0.1, 0.15) is 11.6 Å². The van der Waals surface area contributed by atoms with E-state index in [-0.39, 0.29) is 0 Å². The molecule has 0 spiro atoms. The number of carbonyl (C=O) groups is 1. The maximum atomic E-state index is 11.4. The van der Waals surface area contributed by atoms with Crippen LogP contribution < -0.4 is 5.32 Å². The summed E-state index contributed by atoms with van der Waals surface area (Å²) in [5, 5.41) is 13.2. The first-order valence-electron chi connectivity index (χ1n) is 5.61. The number of benzene rings is 1. The summed E-state index contributed by atoms with van der Waals surface area (Å²) < 4.78 is 0. The number of halogens is 1. The highest BCUT2D eigenvalue weighted by molar-refractivity contribution is 6.30. The first-order valence-corrected chi connectivity index (χ1v) is 5.99. The van der Waals surface area contributed by atoms with Gasteiger partial charge in [0.15, 0.2) is 0 Å². The lowest BCUT2D eigenvalue weighted by atomic mass is 10.0. The highest BCUT2D eigenvalue weighted by Crippen LogP contribution is 2.23. The summed E-state index contributed by atoms with van der Waals surface area (Å²) in [5.41, 5.74) is 0.781. The molecule has 2 N–H and O–H groups in total. The first kappa shape index (κ1) is 12.4. The van der Waals surface area contributed by atoms with E-state index in [2.05, 4.69) is 5.32 Å². The van der Waals surface area contributed by atoms with Gasteiger partial charge in [0.25, 0.3) is 0 Å². The molecular weight excluding hydrogens is 240 g/mol. The van der Waals surface area contributed by atoms with Gasteiger partial charge in [-0.3, -0.25) is 9.69 Å². The second kappa shape index (κ2) is 5.49. The van der Waals surface area contributed by atoms with Crippen LogP contribution in [-0.2, 0) is 4.79 Å². The Morgan fingerprint density at radius 2 is 1.88 bits per heavy atom. The van der Waals surface area contributed by atoms with Gasteiger partial charge in [0.1, 0.15) is 6.04 Å². The van der Waals surface area contributed by atoms with Crippen LogP contribution in [0.5, 0.6) is 0 Å². The molecule has 2 rings (SSSR count). The van der Waals surface area contributed by atoms with Gasteiger partial charge in [0, 0.05) is 31.2 Å². The zero-order valence-corrected chi connectivity index (χ0v) is 10.2. The zero-order chi connectivity index (χ0) is 12.3. The second-order valence-corrected chi connectivity index (χ2v) is 4.51. The standard InChI is InChI=1S/C12H15ClN2O2/c13-10-3-1-9(2-4-10)11(12(16)17)15-7-5-14-6-8-15/h1-4,11,14H,5-8H2,(H,16,17). The lowest BCUT2D eigenvalue weighted by Crippen LogP contribution is -2.47. The number of carboxylic acids is 1. The third kappa shape index (κ3) is 2.97. The van der Waals surface area contributed by atoms with Crippen LogP contribution in [-0.4, -0.2) is 42.2 Å². The highest BCUT2D eigenvalue weighted by Gasteiger charge is 2.28. The van der Waals surface area contributed by atoms with Gasteiger partial charge < -0.3 is 10.4 Å². The first-order chi connectivity index (χ1) is 8.18. The van der Waals surface area contributed by atoms with E-state index in [1.54, 1.807) is 24.3 Å². The SMILES string of the molecule is O=C(O)C(c1ccc(Cl)cc1)N1CCNCC1. The molecule has 1 heterocycles. The van der Waals surface area contributed by atoms with Crippen molar-refractivity contribution >= 4 is 17.6 Å². The summed E-state index contributed by atoms with van der Waals surface area (Å²) in [7, 11) is 0. The number of aliphatic carboxylic acids is 1. The molecule has 1 aromatic rings. The molecule has 5 heteroatoms. The van der Waals surface area contributed by atoms with Gasteiger partial charge in [-0.25, -0.2) is 0 Å². The maximum absolute atomic E-state index is 11.4. The quantitative estimate of drug-likeness (QED) is 0.856. The molecule has 0 saturated carbocycles. The minimum absolute atomic E-state index is 0.575. The molecule has 92 valence electrons. The Labute approximate surface area is 105 Å². The van der Waals surface area contributed by atoms with E-state index in [0.29, 0.717) is 5.02 Å². The van der Waals surface area contributed by atoms with Crippen molar-refractivity contribution in [1.29, 1.82) is 0 Å². The van der Waals surface area contributed by atoms with Crippen LogP contribution in [0.25, 0.3) is 0 Å². The van der Waals surface area contributed by atoms with Crippen LogP contribution in [0.3, 0.4) is 0 Å². The van der Waals surface area contributed by atoms with E-state index in [9.17, 15) is 9.90 Å². The van der Waals surface area contributed by atoms with Crippen molar-refractivity contribution in [2.45, 2.75) is 6.04 Å². The fourth-order valence-electron chi connectivity index (χ4n) is 2.09. The van der Waals surface area contributed by atoms with E-state index in [1.807, 2.05) is 4.90 Å². The molecule has 0 amide bonds. The summed E-state index contributed by atoms with van der Waals surface area (Å²) in [4.78, 5) is 13.4. The van der Waals surface area contributed by atoms with Crippen molar-refractivity contribution in [3.8, 4) is 0 Å². The number of nitrogens with one attached hydrogen (secondary N) is 1. The molecule has 0 radical (unpaired) electrons. The van der Waals surface area contributed by atoms with Crippen LogP contribution in [0, 0.1) is 0 Å². The van der Waals surface area contributed by atoms with Gasteiger partial charge >= 0.3 is 5.97 Å². The Hall–Kier alpha value is -1.10. The molecule has 1 atom stereocenters. The fourth-order valence-corrected chi connectivity index (χ4v) is 2.22. The van der Waals surface area contributed by atoms with E-state index in [0.717, 1.165) is 31.7 Å². The zero-order valence-electron chi connectivity index (χ0n) is 9.40. The Kier molecular flexibility index (Phi) is 3.99. The van der Waals surface area contributed by atoms with Crippen molar-refractivity contribution in [1.82, 2.24) is 10.2 Å². The molecule has 1 aliphatic rings. The molecule has 4 nitrogen and oxygen atoms in total. The normalized spacial score (nSPS) is 18.9. The Bertz CT molecular complexity index is 388. The number of carboxylic acid groups (broad SMARTS) is 1. The number of rotatable bonds is 3. The summed E-state index contributed by atoms with van der Waals surface area (Å²) in [6.45, 7) is 3.16. The minimum atomic E-state index is -0.811. The Morgan fingerprint density at radius 1 is 1.29 bits per heavy atom. The van der Waals surface area contributed by atoms with E-state index in [4.69, 9.17) is 11.6 Å². The summed E-state index contributed by atoms with van der Waals surface area (Å²) >= 11 is 5.81. The van der Waals surface area contributed by atoms with Crippen molar-refractivity contribution in [3.05, 3.63) is 34.9 Å². The number of piperazine rings is 1. The fraction of sp³-hybridized carbons (Fsp3) is 0.417. The lowest BCUT2D eigenvalue weighted by Gasteiger charge is -2.32. The third-order valence-electron chi connectivity index (χ3n) is 2.94. The molecule has 1 aliphatic heterocycles. The topological polar surface area (TPSA) is 52.6 Å². The average molecular weight is 255 g/mol. The molecule has 1 unspecified atom stereocenters. The number of nitrogens with zero attached hydrogens (tertiary/aromatic N) is 1. The second-order valence-electron chi connectivity index (χ2n) is 4.08. The highest BCUT2D eigenvalue weighted by atomic mass is 35.5. The summed E-state index contributed by atoms with van der Waals surface area (Å²) in [6.07, 6.45) is 0. The minimum Gasteiger partial charge on any atom is -0.480 e. The molecule has 1 aromatic carbocycles. The monoisotopic (exact) mass is 254 g/mol. The average Bonchev–Trinajstić information content (AvgIpc) is 2.33. The van der Waals surface area contributed by atoms with Crippen LogP contribution >= 0.6 is 11.6 Å². The molecule has 0 bridgehead atoms. The van der Waals surface area contributed by atoms with Crippen molar-refractivity contribution in [3.63, 3.8) is 0 Å². The number of hydrogen-bond acceptors (Lipinski definition) is 3. The third-order valence-corrected chi connectivity index (χ3v) is 3.19. The van der Waals surface area contributed by atoms with Gasteiger partial charge in [0.2, 0.25) is 0 Å². The molecular formula is C12H15ClN2O2. The Morgan fingerprint density at radius 3 is 2.41 bits per heavy atom. The van der Waals surface area contributed by atoms with Crippen molar-refractivity contribution < 1.29 is 9.90 Å². The van der Waals surface area contributed by atoms with Gasteiger partial charge in [-0.2, -0.15) is 0 Å². The molecule has 0 aliphatic carbocycles. The van der Waals surface area contributed by atoms with Gasteiger partial charge in [-0.1, -0.05) is 23.7 Å². The predicted octanol–water partition coefficient (Wildman–Crippen LogP) is 1.37. The summed E-state index contributed by atoms with van der Waals surface area (Å²) in [6, 6.07) is 6.45. The maximum Gasteiger partial charge on any atom is 0.325 e. The largest absolute Gasteiger partial charge is 0.480 e. The lowest BCUT2D eigenvalue weighted by molar-refractivity contribution is -0.143. The smallest absolute Gasteiger partial charge is 0.325 e. The van der Waals surface area contributed by atoms with Gasteiger partial charge in [0.05, 0.1) is 0 Å². The Balaban J connectivity index is 2.21. The molecule has 0 aromatic heterocycles. The molecule has 1 fully saturated rings. The van der Waals surface area contributed by atoms with E-state index >= 15 is 0 Å². The number of hydrogen-bond donors (Lipinski definition) is 2. The van der Waals surface area contributed by atoms with Gasteiger partial charge in [-0.15, -0.1) is 0 Å². The molecule has 17 heavy (non-hydrogen) atoms. The van der Waals surface area contributed by atoms with Crippen LogP contribution in [0.2, 0.25) is 5.02 Å². The van der Waals surface area contributed by atoms with Crippen molar-refractivity contribution in [2.24, 2.45) is 0 Å². The summed E-state index contributed by atoms with van der Waals surface area (Å²) in [5.74, 6) is -0.811. The van der Waals surface area contributed by atoms with Crippen LogP contribution in [0.4, 0.5) is 0 Å². The molecule has 1 saturated heterocycles. The van der Waals surface area contributed by atoms with Crippen molar-refractivity contribution in [2.75, 3.05) is 26.2 Å². The van der Waals surface area contributed by atoms with Gasteiger partial charge in [-0.05, 0) is 17.7 Å². The van der Waals surface area contributed by atoms with E-state index < -0.39 is 12.0 Å².